The van der Waals surface area contributed by atoms with Crippen molar-refractivity contribution < 1.29 is 0 Å². The van der Waals surface area contributed by atoms with E-state index in [-0.39, 0.29) is 0 Å². The predicted octanol–water partition coefficient (Wildman–Crippen LogP) is 2.99. The Morgan fingerprint density at radius 1 is 1.64 bits per heavy atom. The van der Waals surface area contributed by atoms with Crippen molar-refractivity contribution in [3.8, 4) is 0 Å². The van der Waals surface area contributed by atoms with Crippen molar-refractivity contribution in [2.45, 2.75) is 12.8 Å². The zero-order valence-electron chi connectivity index (χ0n) is 6.10. The van der Waals surface area contributed by atoms with Gasteiger partial charge >= 0.3 is 0 Å². The quantitative estimate of drug-likeness (QED) is 0.286. The third-order valence-electron chi connectivity index (χ3n) is 1.37. The lowest BCUT2D eigenvalue weighted by Gasteiger charge is -1.91. The molecule has 0 N–H and O–H groups in total. The molecule has 0 atom stereocenters. The van der Waals surface area contributed by atoms with E-state index in [1.54, 1.807) is 11.3 Å². The average Bonchev–Trinajstić information content (AvgIpc) is 2.50. The molecule has 0 spiro atoms. The van der Waals surface area contributed by atoms with Gasteiger partial charge in [-0.25, -0.2) is 0 Å². The zero-order chi connectivity index (χ0) is 7.94. The standard InChI is InChI=1S/C7H9N3S/c8-10-9-4-1-2-7-3-5-11-6-7/h3,5-6H,1-2,4H2. The summed E-state index contributed by atoms with van der Waals surface area (Å²) >= 11 is 1.70. The number of rotatable bonds is 4. The summed E-state index contributed by atoms with van der Waals surface area (Å²) in [4.78, 5) is 2.68. The van der Waals surface area contributed by atoms with Gasteiger partial charge in [0, 0.05) is 11.5 Å². The highest BCUT2D eigenvalue weighted by atomic mass is 32.1. The van der Waals surface area contributed by atoms with Crippen LogP contribution >= 0.6 is 11.3 Å². The lowest BCUT2D eigenvalue weighted by atomic mass is 10.2. The Hall–Kier alpha value is -0.990. The van der Waals surface area contributed by atoms with E-state index in [4.69, 9.17) is 5.53 Å². The number of aryl methyl sites for hydroxylation is 1. The predicted molar refractivity (Wildman–Crippen MR) is 46.7 cm³/mol. The summed E-state index contributed by atoms with van der Waals surface area (Å²) in [5.41, 5.74) is 9.32. The second-order valence-corrected chi connectivity index (χ2v) is 2.97. The van der Waals surface area contributed by atoms with Gasteiger partial charge in [0.05, 0.1) is 0 Å². The van der Waals surface area contributed by atoms with Crippen LogP contribution in [0.3, 0.4) is 0 Å². The Kier molecular flexibility index (Phi) is 3.52. The molecule has 1 rings (SSSR count). The lowest BCUT2D eigenvalue weighted by molar-refractivity contribution is 0.829. The minimum absolute atomic E-state index is 0.604. The van der Waals surface area contributed by atoms with Gasteiger partial charge in [0.2, 0.25) is 0 Å². The van der Waals surface area contributed by atoms with E-state index in [0.29, 0.717) is 6.54 Å². The van der Waals surface area contributed by atoms with E-state index in [0.717, 1.165) is 12.8 Å². The highest BCUT2D eigenvalue weighted by Crippen LogP contribution is 2.07. The van der Waals surface area contributed by atoms with E-state index in [9.17, 15) is 0 Å². The Morgan fingerprint density at radius 2 is 2.55 bits per heavy atom. The first-order valence-electron chi connectivity index (χ1n) is 3.45. The van der Waals surface area contributed by atoms with Crippen LogP contribution in [0.4, 0.5) is 0 Å². The van der Waals surface area contributed by atoms with Crippen LogP contribution in [-0.2, 0) is 6.42 Å². The second kappa shape index (κ2) is 4.77. The van der Waals surface area contributed by atoms with Crippen molar-refractivity contribution in [2.24, 2.45) is 5.11 Å². The van der Waals surface area contributed by atoms with Crippen LogP contribution in [0.25, 0.3) is 10.4 Å². The molecule has 0 aromatic carbocycles. The summed E-state index contributed by atoms with van der Waals surface area (Å²) in [7, 11) is 0. The van der Waals surface area contributed by atoms with Crippen LogP contribution in [0.5, 0.6) is 0 Å². The summed E-state index contributed by atoms with van der Waals surface area (Å²) in [6.45, 7) is 0.604. The highest BCUT2D eigenvalue weighted by molar-refractivity contribution is 7.07. The molecule has 1 heterocycles. The van der Waals surface area contributed by atoms with Crippen LogP contribution in [0.2, 0.25) is 0 Å². The van der Waals surface area contributed by atoms with E-state index in [1.807, 2.05) is 0 Å². The molecule has 0 aliphatic heterocycles. The summed E-state index contributed by atoms with van der Waals surface area (Å²) in [5, 5.41) is 7.63. The molecule has 0 aliphatic carbocycles. The molecule has 58 valence electrons. The van der Waals surface area contributed by atoms with Crippen molar-refractivity contribution in [3.05, 3.63) is 32.8 Å². The third-order valence-corrected chi connectivity index (χ3v) is 2.10. The normalized spacial score (nSPS) is 9.09. The summed E-state index contributed by atoms with van der Waals surface area (Å²) in [6, 6.07) is 2.10. The maximum absolute atomic E-state index is 7.98. The summed E-state index contributed by atoms with van der Waals surface area (Å²) < 4.78 is 0. The molecule has 0 bridgehead atoms. The van der Waals surface area contributed by atoms with Crippen LogP contribution in [0, 0.1) is 0 Å². The molecule has 0 unspecified atom stereocenters. The largest absolute Gasteiger partial charge is 0.152 e. The van der Waals surface area contributed by atoms with Crippen LogP contribution in [-0.4, -0.2) is 6.54 Å². The van der Waals surface area contributed by atoms with Crippen LogP contribution < -0.4 is 0 Å². The van der Waals surface area contributed by atoms with Crippen LogP contribution in [0.1, 0.15) is 12.0 Å². The molecule has 3 nitrogen and oxygen atoms in total. The third kappa shape index (κ3) is 3.07. The fraction of sp³-hybridized carbons (Fsp3) is 0.429. The SMILES string of the molecule is [N-]=[N+]=NCCCc1ccsc1. The molecule has 0 aliphatic rings. The Balaban J connectivity index is 2.18. The number of hydrogen-bond donors (Lipinski definition) is 0. The molecule has 0 saturated carbocycles. The van der Waals surface area contributed by atoms with Crippen molar-refractivity contribution in [2.75, 3.05) is 6.54 Å². The molecular formula is C7H9N3S. The maximum Gasteiger partial charge on any atom is 0.0261 e. The van der Waals surface area contributed by atoms with Gasteiger partial charge < -0.3 is 0 Å². The maximum atomic E-state index is 7.98. The lowest BCUT2D eigenvalue weighted by Crippen LogP contribution is -1.83. The molecule has 1 aromatic rings. The van der Waals surface area contributed by atoms with Gasteiger partial charge in [-0.1, -0.05) is 5.11 Å². The highest BCUT2D eigenvalue weighted by Gasteiger charge is 1.90. The topological polar surface area (TPSA) is 48.8 Å². The molecule has 11 heavy (non-hydrogen) atoms. The molecule has 0 saturated heterocycles. The Labute approximate surface area is 69.3 Å². The monoisotopic (exact) mass is 167 g/mol. The fourth-order valence-corrected chi connectivity index (χ4v) is 1.54. The molecular weight excluding hydrogens is 158 g/mol. The van der Waals surface area contributed by atoms with Crippen molar-refractivity contribution in [1.29, 1.82) is 0 Å². The molecule has 0 fully saturated rings. The van der Waals surface area contributed by atoms with Crippen molar-refractivity contribution in [3.63, 3.8) is 0 Å². The summed E-state index contributed by atoms with van der Waals surface area (Å²) in [6.07, 6.45) is 1.96. The van der Waals surface area contributed by atoms with E-state index in [2.05, 4.69) is 26.9 Å². The molecule has 0 amide bonds. The minimum atomic E-state index is 0.604. The second-order valence-electron chi connectivity index (χ2n) is 2.19. The van der Waals surface area contributed by atoms with Crippen molar-refractivity contribution in [1.82, 2.24) is 0 Å². The van der Waals surface area contributed by atoms with Crippen LogP contribution in [0.15, 0.2) is 21.9 Å². The molecule has 0 radical (unpaired) electrons. The van der Waals surface area contributed by atoms with E-state index >= 15 is 0 Å². The first-order chi connectivity index (χ1) is 5.43. The smallest absolute Gasteiger partial charge is 0.0261 e. The van der Waals surface area contributed by atoms with Gasteiger partial charge in [0.25, 0.3) is 0 Å². The van der Waals surface area contributed by atoms with Gasteiger partial charge in [0.15, 0.2) is 0 Å². The van der Waals surface area contributed by atoms with E-state index < -0.39 is 0 Å². The minimum Gasteiger partial charge on any atom is -0.152 e. The van der Waals surface area contributed by atoms with Gasteiger partial charge in [-0.3, -0.25) is 0 Å². The van der Waals surface area contributed by atoms with E-state index in [1.165, 1.54) is 5.56 Å². The summed E-state index contributed by atoms with van der Waals surface area (Å²) in [5.74, 6) is 0. The zero-order valence-corrected chi connectivity index (χ0v) is 6.92. The van der Waals surface area contributed by atoms with Gasteiger partial charge in [-0.2, -0.15) is 11.3 Å². The fourth-order valence-electron chi connectivity index (χ4n) is 0.834. The Morgan fingerprint density at radius 3 is 3.18 bits per heavy atom. The average molecular weight is 167 g/mol. The van der Waals surface area contributed by atoms with Crippen molar-refractivity contribution >= 4 is 11.3 Å². The first kappa shape index (κ1) is 8.11. The number of nitrogens with zero attached hydrogens (tertiary/aromatic N) is 3. The number of azide groups is 1. The number of hydrogen-bond acceptors (Lipinski definition) is 2. The number of thiophene rings is 1. The van der Waals surface area contributed by atoms with Gasteiger partial charge in [0.1, 0.15) is 0 Å². The molecule has 4 heteroatoms. The van der Waals surface area contributed by atoms with Gasteiger partial charge in [-0.15, -0.1) is 0 Å². The van der Waals surface area contributed by atoms with Gasteiger partial charge in [-0.05, 0) is 40.8 Å². The Bertz CT molecular complexity index is 236. The first-order valence-corrected chi connectivity index (χ1v) is 4.39. The molecule has 1 aromatic heterocycles.